The van der Waals surface area contributed by atoms with Gasteiger partial charge in [-0.05, 0) is 6.42 Å². The van der Waals surface area contributed by atoms with Crippen LogP contribution in [0.3, 0.4) is 0 Å². The van der Waals surface area contributed by atoms with Gasteiger partial charge in [-0.2, -0.15) is 0 Å². The lowest BCUT2D eigenvalue weighted by Crippen LogP contribution is -2.60. The van der Waals surface area contributed by atoms with E-state index in [1.54, 1.807) is 0 Å². The second kappa shape index (κ2) is 5.65. The Morgan fingerprint density at radius 2 is 2.12 bits per heavy atom. The molecule has 0 radical (unpaired) electrons. The summed E-state index contributed by atoms with van der Waals surface area (Å²) >= 11 is 0. The predicted octanol–water partition coefficient (Wildman–Crippen LogP) is -0.810. The minimum atomic E-state index is -1.52. The maximum absolute atomic E-state index is 11.5. The van der Waals surface area contributed by atoms with Crippen LogP contribution in [0.5, 0.6) is 0 Å². The van der Waals surface area contributed by atoms with Gasteiger partial charge in [0, 0.05) is 6.54 Å². The molecule has 1 rings (SSSR count). The Bertz CT molecular complexity index is 318. The Morgan fingerprint density at radius 1 is 1.47 bits per heavy atom. The van der Waals surface area contributed by atoms with Crippen molar-refractivity contribution in [3.05, 3.63) is 12.7 Å². The second-order valence-electron chi connectivity index (χ2n) is 3.69. The Balaban J connectivity index is 2.78. The molecular weight excluding hydrogens is 230 g/mol. The van der Waals surface area contributed by atoms with Crippen molar-refractivity contribution in [2.24, 2.45) is 0 Å². The van der Waals surface area contributed by atoms with E-state index in [1.165, 1.54) is 6.08 Å². The minimum Gasteiger partial charge on any atom is -0.480 e. The van der Waals surface area contributed by atoms with Gasteiger partial charge in [-0.1, -0.05) is 12.7 Å². The van der Waals surface area contributed by atoms with Crippen LogP contribution in [-0.2, 0) is 9.53 Å². The SMILES string of the molecule is C=CCOC(=O)N1CC[C@@H](O)[C@@H](O)[C@H]1C(=O)O. The number of carbonyl (C=O) groups is 2. The Morgan fingerprint density at radius 3 is 2.65 bits per heavy atom. The maximum Gasteiger partial charge on any atom is 0.410 e. The fraction of sp³-hybridized carbons (Fsp3) is 0.600. The monoisotopic (exact) mass is 245 g/mol. The minimum absolute atomic E-state index is 0.0190. The number of aliphatic hydroxyl groups is 2. The number of aliphatic hydroxyl groups excluding tert-OH is 2. The lowest BCUT2D eigenvalue weighted by Gasteiger charge is -2.37. The molecule has 0 aromatic rings. The molecule has 3 N–H and O–H groups in total. The summed E-state index contributed by atoms with van der Waals surface area (Å²) in [5.74, 6) is -1.38. The van der Waals surface area contributed by atoms with E-state index in [0.717, 1.165) is 4.90 Å². The number of amides is 1. The highest BCUT2D eigenvalue weighted by Crippen LogP contribution is 2.19. The quantitative estimate of drug-likeness (QED) is 0.561. The molecule has 3 atom stereocenters. The van der Waals surface area contributed by atoms with Crippen LogP contribution in [0.15, 0.2) is 12.7 Å². The van der Waals surface area contributed by atoms with Crippen molar-refractivity contribution < 1.29 is 29.6 Å². The normalized spacial score (nSPS) is 28.6. The highest BCUT2D eigenvalue weighted by molar-refractivity contribution is 5.81. The first kappa shape index (κ1) is 13.5. The fourth-order valence-electron chi connectivity index (χ4n) is 1.67. The number of likely N-dealkylation sites (tertiary alicyclic amines) is 1. The third-order valence-corrected chi connectivity index (χ3v) is 2.53. The number of carbonyl (C=O) groups excluding carboxylic acids is 1. The highest BCUT2D eigenvalue weighted by atomic mass is 16.6. The molecule has 0 unspecified atom stereocenters. The van der Waals surface area contributed by atoms with Gasteiger partial charge in [0.25, 0.3) is 0 Å². The molecule has 0 aliphatic carbocycles. The first-order chi connectivity index (χ1) is 7.99. The predicted molar refractivity (Wildman–Crippen MR) is 56.3 cm³/mol. The molecule has 7 heteroatoms. The van der Waals surface area contributed by atoms with Crippen LogP contribution >= 0.6 is 0 Å². The fourth-order valence-corrected chi connectivity index (χ4v) is 1.67. The number of aliphatic carboxylic acids is 1. The number of hydrogen-bond donors (Lipinski definition) is 3. The molecule has 0 spiro atoms. The summed E-state index contributed by atoms with van der Waals surface area (Å²) in [5, 5.41) is 27.8. The molecule has 0 aromatic carbocycles. The molecule has 0 aromatic heterocycles. The average molecular weight is 245 g/mol. The first-order valence-electron chi connectivity index (χ1n) is 5.12. The number of nitrogens with zero attached hydrogens (tertiary/aromatic N) is 1. The van der Waals surface area contributed by atoms with Crippen LogP contribution in [-0.4, -0.2) is 63.7 Å². The van der Waals surface area contributed by atoms with Crippen molar-refractivity contribution in [2.45, 2.75) is 24.7 Å². The van der Waals surface area contributed by atoms with E-state index in [9.17, 15) is 19.8 Å². The molecule has 1 fully saturated rings. The summed E-state index contributed by atoms with van der Waals surface area (Å²) < 4.78 is 4.71. The van der Waals surface area contributed by atoms with Gasteiger partial charge in [0.1, 0.15) is 12.7 Å². The summed E-state index contributed by atoms with van der Waals surface area (Å²) in [6.45, 7) is 3.34. The largest absolute Gasteiger partial charge is 0.480 e. The van der Waals surface area contributed by atoms with Crippen molar-refractivity contribution >= 4 is 12.1 Å². The van der Waals surface area contributed by atoms with E-state index in [2.05, 4.69) is 6.58 Å². The molecule has 1 heterocycles. The second-order valence-corrected chi connectivity index (χ2v) is 3.69. The highest BCUT2D eigenvalue weighted by Gasteiger charge is 2.43. The van der Waals surface area contributed by atoms with E-state index in [1.807, 2.05) is 0 Å². The number of carboxylic acid groups (broad SMARTS) is 1. The zero-order valence-electron chi connectivity index (χ0n) is 9.15. The lowest BCUT2D eigenvalue weighted by atomic mass is 9.96. The van der Waals surface area contributed by atoms with E-state index in [0.29, 0.717) is 0 Å². The van der Waals surface area contributed by atoms with Crippen LogP contribution in [0.2, 0.25) is 0 Å². The van der Waals surface area contributed by atoms with Gasteiger partial charge in [-0.3, -0.25) is 4.90 Å². The smallest absolute Gasteiger partial charge is 0.410 e. The number of ether oxygens (including phenoxy) is 1. The van der Waals surface area contributed by atoms with E-state index >= 15 is 0 Å². The van der Waals surface area contributed by atoms with Crippen LogP contribution in [0.4, 0.5) is 4.79 Å². The van der Waals surface area contributed by atoms with Gasteiger partial charge in [-0.15, -0.1) is 0 Å². The van der Waals surface area contributed by atoms with Crippen molar-refractivity contribution in [1.82, 2.24) is 4.90 Å². The van der Waals surface area contributed by atoms with Crippen molar-refractivity contribution in [3.8, 4) is 0 Å². The number of piperidine rings is 1. The van der Waals surface area contributed by atoms with Crippen LogP contribution in [0.25, 0.3) is 0 Å². The van der Waals surface area contributed by atoms with Gasteiger partial charge in [0.2, 0.25) is 0 Å². The summed E-state index contributed by atoms with van der Waals surface area (Å²) in [7, 11) is 0. The average Bonchev–Trinajstić information content (AvgIpc) is 2.28. The number of hydrogen-bond acceptors (Lipinski definition) is 5. The van der Waals surface area contributed by atoms with E-state index in [-0.39, 0.29) is 19.6 Å². The third kappa shape index (κ3) is 2.95. The zero-order chi connectivity index (χ0) is 13.0. The third-order valence-electron chi connectivity index (χ3n) is 2.53. The topological polar surface area (TPSA) is 107 Å². The van der Waals surface area contributed by atoms with Crippen LogP contribution in [0.1, 0.15) is 6.42 Å². The van der Waals surface area contributed by atoms with Gasteiger partial charge >= 0.3 is 12.1 Å². The van der Waals surface area contributed by atoms with Crippen molar-refractivity contribution in [2.75, 3.05) is 13.2 Å². The van der Waals surface area contributed by atoms with Crippen molar-refractivity contribution in [3.63, 3.8) is 0 Å². The first-order valence-corrected chi connectivity index (χ1v) is 5.12. The molecule has 96 valence electrons. The number of rotatable bonds is 3. The van der Waals surface area contributed by atoms with E-state index < -0.39 is 30.3 Å². The van der Waals surface area contributed by atoms with E-state index in [4.69, 9.17) is 9.84 Å². The molecular formula is C10H15NO6. The lowest BCUT2D eigenvalue weighted by molar-refractivity contribution is -0.155. The van der Waals surface area contributed by atoms with Gasteiger partial charge in [-0.25, -0.2) is 9.59 Å². The summed E-state index contributed by atoms with van der Waals surface area (Å²) in [4.78, 5) is 23.4. The van der Waals surface area contributed by atoms with Crippen LogP contribution < -0.4 is 0 Å². The van der Waals surface area contributed by atoms with Gasteiger partial charge < -0.3 is 20.1 Å². The molecule has 7 nitrogen and oxygen atoms in total. The standard InChI is InChI=1S/C10H15NO6/c1-2-5-17-10(16)11-4-3-6(12)8(13)7(11)9(14)15/h2,6-8,12-13H,1,3-5H2,(H,14,15)/t6-,7+,8-/m1/s1. The maximum atomic E-state index is 11.5. The van der Waals surface area contributed by atoms with Crippen LogP contribution in [0, 0.1) is 0 Å². The molecule has 1 aliphatic rings. The molecule has 17 heavy (non-hydrogen) atoms. The zero-order valence-corrected chi connectivity index (χ0v) is 9.15. The van der Waals surface area contributed by atoms with Gasteiger partial charge in [0.15, 0.2) is 6.04 Å². The van der Waals surface area contributed by atoms with Crippen molar-refractivity contribution in [1.29, 1.82) is 0 Å². The van der Waals surface area contributed by atoms with Gasteiger partial charge in [0.05, 0.1) is 6.10 Å². The summed E-state index contributed by atoms with van der Waals surface area (Å²) in [6, 6.07) is -1.49. The number of carboxylic acids is 1. The molecule has 1 saturated heterocycles. The summed E-state index contributed by atoms with van der Waals surface area (Å²) in [5.41, 5.74) is 0. The molecule has 0 bridgehead atoms. The Labute approximate surface area is 97.9 Å². The summed E-state index contributed by atoms with van der Waals surface area (Å²) in [6.07, 6.45) is -2.06. The Hall–Kier alpha value is -1.60. The molecule has 0 saturated carbocycles. The Kier molecular flexibility index (Phi) is 4.47. The molecule has 1 amide bonds. The molecule has 1 aliphatic heterocycles.